The Morgan fingerprint density at radius 2 is 1.79 bits per heavy atom. The van der Waals surface area contributed by atoms with Gasteiger partial charge < -0.3 is 14.5 Å². The van der Waals surface area contributed by atoms with Gasteiger partial charge in [-0.1, -0.05) is 48.8 Å². The molecule has 0 aliphatic heterocycles. The van der Waals surface area contributed by atoms with Gasteiger partial charge in [0, 0.05) is 6.54 Å². The molecule has 0 aliphatic carbocycles. The summed E-state index contributed by atoms with van der Waals surface area (Å²) in [5.74, 6) is 0.756. The molecule has 0 unspecified atom stereocenters. The highest BCUT2D eigenvalue weighted by atomic mass is 79.9. The van der Waals surface area contributed by atoms with E-state index >= 15 is 0 Å². The maximum atomic E-state index is 13.0. The lowest BCUT2D eigenvalue weighted by atomic mass is 9.76. The van der Waals surface area contributed by atoms with Gasteiger partial charge >= 0.3 is 0 Å². The summed E-state index contributed by atoms with van der Waals surface area (Å²) in [5.41, 5.74) is 0.736. The van der Waals surface area contributed by atoms with E-state index < -0.39 is 13.4 Å². The third kappa shape index (κ3) is 5.07. The van der Waals surface area contributed by atoms with Crippen molar-refractivity contribution in [3.63, 3.8) is 0 Å². The molecule has 0 saturated carbocycles. The van der Waals surface area contributed by atoms with Crippen LogP contribution in [0.4, 0.5) is 0 Å². The molecule has 0 bridgehead atoms. The molecule has 1 aromatic rings. The van der Waals surface area contributed by atoms with Crippen molar-refractivity contribution < 1.29 is 14.0 Å². The average Bonchev–Trinajstić information content (AvgIpc) is 2.50. The van der Waals surface area contributed by atoms with Crippen LogP contribution in [0.1, 0.15) is 33.3 Å². The second kappa shape index (κ2) is 8.49. The number of alkyl halides is 1. The number of hydrogen-bond donors (Lipinski definition) is 1. The largest absolute Gasteiger partial charge is 0.497 e. The predicted molar refractivity (Wildman–Crippen MR) is 105 cm³/mol. The summed E-state index contributed by atoms with van der Waals surface area (Å²) < 4.78 is 10.4. The highest BCUT2D eigenvalue weighted by molar-refractivity contribution is 9.10. The van der Waals surface area contributed by atoms with Crippen LogP contribution in [-0.4, -0.2) is 32.5 Å². The minimum Gasteiger partial charge on any atom is -0.497 e. The number of carbonyl (C=O) groups excluding carboxylic acids is 1. The molecule has 0 aliphatic rings. The first kappa shape index (κ1) is 21.2. The zero-order chi connectivity index (χ0) is 18.5. The Morgan fingerprint density at radius 3 is 2.21 bits per heavy atom. The Morgan fingerprint density at radius 1 is 1.25 bits per heavy atom. The maximum Gasteiger partial charge on any atom is 0.240 e. The van der Waals surface area contributed by atoms with E-state index in [2.05, 4.69) is 55.1 Å². The number of amides is 1. The molecule has 0 fully saturated rings. The van der Waals surface area contributed by atoms with E-state index in [9.17, 15) is 4.79 Å². The third-order valence-electron chi connectivity index (χ3n) is 4.07. The van der Waals surface area contributed by atoms with Crippen molar-refractivity contribution in [2.75, 3.05) is 7.11 Å². The van der Waals surface area contributed by atoms with Crippen LogP contribution in [0.5, 0.6) is 5.75 Å². The van der Waals surface area contributed by atoms with Gasteiger partial charge in [0.05, 0.1) is 13.2 Å². The molecule has 6 heteroatoms. The van der Waals surface area contributed by atoms with Gasteiger partial charge in [-0.25, -0.2) is 0 Å². The molecule has 1 amide bonds. The lowest BCUT2D eigenvalue weighted by molar-refractivity contribution is -0.129. The number of hydrogen-bond acceptors (Lipinski definition) is 3. The number of carbonyl (C=O) groups is 1. The first-order valence-electron chi connectivity index (χ1n) is 8.28. The fourth-order valence-electron chi connectivity index (χ4n) is 2.69. The Bertz CT molecular complexity index is 542. The van der Waals surface area contributed by atoms with Crippen molar-refractivity contribution in [2.24, 2.45) is 5.41 Å². The van der Waals surface area contributed by atoms with Crippen molar-refractivity contribution in [3.8, 4) is 5.75 Å². The van der Waals surface area contributed by atoms with Crippen LogP contribution in [0.15, 0.2) is 24.3 Å². The number of nitrogens with one attached hydrogen (secondary N) is 1. The van der Waals surface area contributed by atoms with E-state index in [0.29, 0.717) is 6.54 Å². The quantitative estimate of drug-likeness (QED) is 0.542. The van der Waals surface area contributed by atoms with Crippen LogP contribution < -0.4 is 10.1 Å². The summed E-state index contributed by atoms with van der Waals surface area (Å²) in [7, 11) is 0.384. The van der Waals surface area contributed by atoms with E-state index in [1.807, 2.05) is 31.2 Å². The summed E-state index contributed by atoms with van der Waals surface area (Å²) in [4.78, 5) is 13.0. The molecule has 0 aromatic heterocycles. The normalized spacial score (nSPS) is 15.7. The average molecular weight is 416 g/mol. The lowest BCUT2D eigenvalue weighted by Crippen LogP contribution is -2.58. The Kier molecular flexibility index (Phi) is 7.50. The third-order valence-corrected chi connectivity index (χ3v) is 7.22. The van der Waals surface area contributed by atoms with E-state index in [4.69, 9.17) is 9.16 Å². The summed E-state index contributed by atoms with van der Waals surface area (Å²) in [6.07, 6.45) is -0.208. The van der Waals surface area contributed by atoms with Crippen molar-refractivity contribution in [3.05, 3.63) is 29.8 Å². The lowest BCUT2D eigenvalue weighted by Gasteiger charge is -2.43. The van der Waals surface area contributed by atoms with Crippen molar-refractivity contribution in [1.82, 2.24) is 5.32 Å². The van der Waals surface area contributed by atoms with Crippen LogP contribution in [-0.2, 0) is 15.8 Å². The number of methoxy groups -OCH3 is 1. The first-order valence-corrected chi connectivity index (χ1v) is 11.8. The zero-order valence-corrected chi connectivity index (χ0v) is 18.5. The van der Waals surface area contributed by atoms with Gasteiger partial charge in [0.25, 0.3) is 0 Å². The van der Waals surface area contributed by atoms with Crippen molar-refractivity contribution in [2.45, 2.75) is 57.8 Å². The molecule has 4 nitrogen and oxygen atoms in total. The van der Waals surface area contributed by atoms with Crippen molar-refractivity contribution in [1.29, 1.82) is 0 Å². The minimum atomic E-state index is -1.25. The summed E-state index contributed by atoms with van der Waals surface area (Å²) >= 11 is 3.73. The SMILES string of the molecule is COc1ccc(CNC(=O)[C@@](Br)([C@@H](C)O[SiH](C)C)C(C)(C)C)cc1. The molecule has 0 heterocycles. The van der Waals surface area contributed by atoms with Gasteiger partial charge in [-0.2, -0.15) is 0 Å². The second-order valence-electron chi connectivity index (χ2n) is 7.32. The fourth-order valence-corrected chi connectivity index (χ4v) is 4.16. The molecule has 0 saturated heterocycles. The first-order chi connectivity index (χ1) is 11.0. The predicted octanol–water partition coefficient (Wildman–Crippen LogP) is 3.88. The van der Waals surface area contributed by atoms with E-state index in [-0.39, 0.29) is 17.4 Å². The number of benzene rings is 1. The van der Waals surface area contributed by atoms with Gasteiger partial charge in [0.2, 0.25) is 5.91 Å². The molecular formula is C18H30BrNO3Si. The molecule has 2 atom stereocenters. The van der Waals surface area contributed by atoms with E-state index in [1.54, 1.807) is 7.11 Å². The standard InChI is InChI=1S/C18H30BrNO3Si/c1-13(23-24(6)7)18(19,17(2,3)4)16(21)20-12-14-8-10-15(22-5)11-9-14/h8-11,13,24H,12H2,1-7H3,(H,20,21)/t13-,18+/m1/s1. The van der Waals surface area contributed by atoms with Crippen molar-refractivity contribution >= 4 is 30.9 Å². The molecular weight excluding hydrogens is 386 g/mol. The Labute approximate surface area is 156 Å². The molecule has 0 radical (unpaired) electrons. The van der Waals surface area contributed by atoms with Gasteiger partial charge in [0.15, 0.2) is 9.04 Å². The molecule has 1 aromatic carbocycles. The smallest absolute Gasteiger partial charge is 0.240 e. The van der Waals surface area contributed by atoms with Crippen LogP contribution >= 0.6 is 15.9 Å². The molecule has 0 spiro atoms. The number of ether oxygens (including phenoxy) is 1. The minimum absolute atomic E-state index is 0.0482. The van der Waals surface area contributed by atoms with Gasteiger partial charge in [-0.05, 0) is 43.1 Å². The molecule has 1 rings (SSSR count). The number of rotatable bonds is 7. The van der Waals surface area contributed by atoms with Crippen LogP contribution in [0.2, 0.25) is 13.1 Å². The highest BCUT2D eigenvalue weighted by Gasteiger charge is 2.51. The van der Waals surface area contributed by atoms with Crippen LogP contribution in [0, 0.1) is 5.41 Å². The summed E-state index contributed by atoms with van der Waals surface area (Å²) in [5, 5.41) is 3.05. The highest BCUT2D eigenvalue weighted by Crippen LogP contribution is 2.42. The topological polar surface area (TPSA) is 47.6 Å². The maximum absolute atomic E-state index is 13.0. The summed E-state index contributed by atoms with van der Waals surface area (Å²) in [6, 6.07) is 7.69. The zero-order valence-electron chi connectivity index (χ0n) is 15.8. The van der Waals surface area contributed by atoms with Gasteiger partial charge in [0.1, 0.15) is 10.1 Å². The van der Waals surface area contributed by atoms with Gasteiger partial charge in [-0.15, -0.1) is 0 Å². The molecule has 136 valence electrons. The Balaban J connectivity index is 2.88. The Hall–Kier alpha value is -0.853. The fraction of sp³-hybridized carbons (Fsp3) is 0.611. The summed E-state index contributed by atoms with van der Waals surface area (Å²) in [6.45, 7) is 12.8. The van der Waals surface area contributed by atoms with E-state index in [1.165, 1.54) is 0 Å². The molecule has 1 N–H and O–H groups in total. The van der Waals surface area contributed by atoms with Crippen LogP contribution in [0.3, 0.4) is 0 Å². The monoisotopic (exact) mass is 415 g/mol. The number of halogens is 1. The molecule has 24 heavy (non-hydrogen) atoms. The van der Waals surface area contributed by atoms with Gasteiger partial charge in [-0.3, -0.25) is 4.79 Å². The second-order valence-corrected chi connectivity index (χ2v) is 10.9. The van der Waals surface area contributed by atoms with Crippen LogP contribution in [0.25, 0.3) is 0 Å². The van der Waals surface area contributed by atoms with E-state index in [0.717, 1.165) is 11.3 Å².